The van der Waals surface area contributed by atoms with E-state index in [0.717, 1.165) is 12.8 Å². The van der Waals surface area contributed by atoms with Crippen molar-refractivity contribution in [3.05, 3.63) is 18.1 Å². The van der Waals surface area contributed by atoms with Gasteiger partial charge >= 0.3 is 0 Å². The third-order valence-electron chi connectivity index (χ3n) is 1.98. The number of carbonyl (C=O) groups excluding carboxylic acids is 1. The van der Waals surface area contributed by atoms with Crippen LogP contribution in [0.15, 0.2) is 4.52 Å². The topological polar surface area (TPSA) is 56.0 Å². The van der Waals surface area contributed by atoms with Crippen LogP contribution in [0.1, 0.15) is 48.6 Å². The summed E-state index contributed by atoms with van der Waals surface area (Å²) in [6, 6.07) is 0. The van der Waals surface area contributed by atoms with Gasteiger partial charge in [-0.15, -0.1) is 0 Å². The van der Waals surface area contributed by atoms with Crippen LogP contribution < -0.4 is 0 Å². The molecule has 1 aliphatic rings. The summed E-state index contributed by atoms with van der Waals surface area (Å²) in [7, 11) is 0. The number of ketones is 1. The lowest BCUT2D eigenvalue weighted by atomic mass is 10.2. The van der Waals surface area contributed by atoms with E-state index in [0.29, 0.717) is 18.2 Å². The average Bonchev–Trinajstić information content (AvgIpc) is 2.84. The molecular formula is C9H11N2O2. The molecule has 1 saturated carbocycles. The molecule has 13 heavy (non-hydrogen) atoms. The van der Waals surface area contributed by atoms with Crippen LogP contribution in [-0.4, -0.2) is 15.9 Å². The van der Waals surface area contributed by atoms with Gasteiger partial charge < -0.3 is 4.52 Å². The molecule has 0 atom stereocenters. The van der Waals surface area contributed by atoms with E-state index in [1.807, 2.05) is 6.92 Å². The summed E-state index contributed by atoms with van der Waals surface area (Å²) in [5.41, 5.74) is 0. The highest BCUT2D eigenvalue weighted by atomic mass is 16.5. The van der Waals surface area contributed by atoms with E-state index in [1.165, 1.54) is 0 Å². The average molecular weight is 179 g/mol. The molecule has 1 aliphatic carbocycles. The van der Waals surface area contributed by atoms with Crippen LogP contribution >= 0.6 is 0 Å². The lowest BCUT2D eigenvalue weighted by Crippen LogP contribution is -1.99. The van der Waals surface area contributed by atoms with Gasteiger partial charge in [-0.1, -0.05) is 12.1 Å². The Morgan fingerprint density at radius 2 is 2.46 bits per heavy atom. The van der Waals surface area contributed by atoms with Crippen LogP contribution in [0.2, 0.25) is 0 Å². The standard InChI is InChI=1S/C9H11N2O2/c1-2-3-7(12)9-10-8(11-13-9)6-4-5-6/h3,6H,2,4-5H2,1H3. The fourth-order valence-electron chi connectivity index (χ4n) is 1.12. The van der Waals surface area contributed by atoms with E-state index in [4.69, 9.17) is 4.52 Å². The highest BCUT2D eigenvalue weighted by molar-refractivity contribution is 5.98. The fourth-order valence-corrected chi connectivity index (χ4v) is 1.12. The second-order valence-corrected chi connectivity index (χ2v) is 3.21. The number of rotatable bonds is 4. The summed E-state index contributed by atoms with van der Waals surface area (Å²) in [5, 5.41) is 3.75. The quantitative estimate of drug-likeness (QED) is 0.660. The molecule has 0 bridgehead atoms. The van der Waals surface area contributed by atoms with Crippen molar-refractivity contribution in [2.75, 3.05) is 0 Å². The Morgan fingerprint density at radius 3 is 3.08 bits per heavy atom. The minimum Gasteiger partial charge on any atom is -0.331 e. The van der Waals surface area contributed by atoms with Gasteiger partial charge in [0.15, 0.2) is 5.82 Å². The van der Waals surface area contributed by atoms with Crippen molar-refractivity contribution in [3.8, 4) is 0 Å². The number of Topliss-reactive ketones (excluding diaryl/α,β-unsaturated/α-hetero) is 1. The summed E-state index contributed by atoms with van der Waals surface area (Å²) in [6.07, 6.45) is 4.47. The molecule has 1 fully saturated rings. The number of hydrogen-bond donors (Lipinski definition) is 0. The van der Waals surface area contributed by atoms with Crippen molar-refractivity contribution in [1.82, 2.24) is 10.1 Å². The first-order valence-electron chi connectivity index (χ1n) is 4.52. The van der Waals surface area contributed by atoms with Gasteiger partial charge in [0.2, 0.25) is 5.78 Å². The van der Waals surface area contributed by atoms with Crippen molar-refractivity contribution in [2.24, 2.45) is 0 Å². The zero-order chi connectivity index (χ0) is 9.26. The van der Waals surface area contributed by atoms with Crippen molar-refractivity contribution < 1.29 is 9.32 Å². The molecule has 0 saturated heterocycles. The van der Waals surface area contributed by atoms with Crippen molar-refractivity contribution in [1.29, 1.82) is 0 Å². The maximum atomic E-state index is 11.2. The molecule has 1 aromatic heterocycles. The molecule has 0 spiro atoms. The van der Waals surface area contributed by atoms with E-state index in [2.05, 4.69) is 10.1 Å². The van der Waals surface area contributed by atoms with E-state index in [1.54, 1.807) is 6.42 Å². The summed E-state index contributed by atoms with van der Waals surface area (Å²) in [4.78, 5) is 15.3. The first-order valence-corrected chi connectivity index (χ1v) is 4.52. The molecule has 4 nitrogen and oxygen atoms in total. The Bertz CT molecular complexity index is 315. The van der Waals surface area contributed by atoms with E-state index in [-0.39, 0.29) is 11.7 Å². The van der Waals surface area contributed by atoms with E-state index < -0.39 is 0 Å². The molecule has 0 N–H and O–H groups in total. The van der Waals surface area contributed by atoms with E-state index in [9.17, 15) is 4.79 Å². The Hall–Kier alpha value is -1.19. The number of hydrogen-bond acceptors (Lipinski definition) is 4. The summed E-state index contributed by atoms with van der Waals surface area (Å²) < 4.78 is 4.84. The van der Waals surface area contributed by atoms with Crippen LogP contribution in [0.3, 0.4) is 0 Å². The second kappa shape index (κ2) is 3.28. The molecule has 1 heterocycles. The summed E-state index contributed by atoms with van der Waals surface area (Å²) in [5.74, 6) is 1.09. The van der Waals surface area contributed by atoms with Gasteiger partial charge in [-0.2, -0.15) is 4.98 Å². The van der Waals surface area contributed by atoms with Gasteiger partial charge in [0, 0.05) is 12.3 Å². The molecule has 2 rings (SSSR count). The molecule has 4 heteroatoms. The van der Waals surface area contributed by atoms with Crippen LogP contribution in [0, 0.1) is 6.42 Å². The highest BCUT2D eigenvalue weighted by Gasteiger charge is 2.29. The third kappa shape index (κ3) is 1.76. The van der Waals surface area contributed by atoms with Crippen LogP contribution in [0.25, 0.3) is 0 Å². The van der Waals surface area contributed by atoms with Crippen molar-refractivity contribution in [3.63, 3.8) is 0 Å². The van der Waals surface area contributed by atoms with Gasteiger partial charge in [-0.3, -0.25) is 4.79 Å². The molecule has 69 valence electrons. The Morgan fingerprint density at radius 1 is 1.69 bits per heavy atom. The SMILES string of the molecule is CC[CH]C(=O)c1nc(C2CC2)no1. The predicted octanol–water partition coefficient (Wildman–Crippen LogP) is 1.74. The smallest absolute Gasteiger partial charge is 0.294 e. The maximum absolute atomic E-state index is 11.2. The number of nitrogens with zero attached hydrogens (tertiary/aromatic N) is 2. The van der Waals surface area contributed by atoms with Gasteiger partial charge in [-0.25, -0.2) is 0 Å². The Balaban J connectivity index is 2.07. The third-order valence-corrected chi connectivity index (χ3v) is 1.98. The fraction of sp³-hybridized carbons (Fsp3) is 0.556. The molecule has 1 aromatic rings. The number of carbonyl (C=O) groups is 1. The molecule has 0 amide bonds. The predicted molar refractivity (Wildman–Crippen MR) is 45.2 cm³/mol. The Kier molecular flexibility index (Phi) is 2.12. The molecule has 0 unspecified atom stereocenters. The van der Waals surface area contributed by atoms with Crippen LogP contribution in [0.4, 0.5) is 0 Å². The lowest BCUT2D eigenvalue weighted by molar-refractivity contribution is 0.0982. The summed E-state index contributed by atoms with van der Waals surface area (Å²) >= 11 is 0. The van der Waals surface area contributed by atoms with Crippen LogP contribution in [0.5, 0.6) is 0 Å². The largest absolute Gasteiger partial charge is 0.331 e. The Labute approximate surface area is 76.3 Å². The normalized spacial score (nSPS) is 16.1. The van der Waals surface area contributed by atoms with Gasteiger partial charge in [0.25, 0.3) is 5.89 Å². The lowest BCUT2D eigenvalue weighted by Gasteiger charge is -1.87. The van der Waals surface area contributed by atoms with Crippen LogP contribution in [-0.2, 0) is 0 Å². The maximum Gasteiger partial charge on any atom is 0.294 e. The minimum atomic E-state index is -0.165. The van der Waals surface area contributed by atoms with Gasteiger partial charge in [0.05, 0.1) is 0 Å². The molecule has 1 radical (unpaired) electrons. The zero-order valence-corrected chi connectivity index (χ0v) is 7.49. The molecular weight excluding hydrogens is 168 g/mol. The first kappa shape index (κ1) is 8.41. The first-order chi connectivity index (χ1) is 6.31. The molecule has 0 aromatic carbocycles. The highest BCUT2D eigenvalue weighted by Crippen LogP contribution is 2.38. The second-order valence-electron chi connectivity index (χ2n) is 3.21. The van der Waals surface area contributed by atoms with Gasteiger partial charge in [0.1, 0.15) is 0 Å². The van der Waals surface area contributed by atoms with Crippen molar-refractivity contribution >= 4 is 5.78 Å². The monoisotopic (exact) mass is 179 g/mol. The minimum absolute atomic E-state index is 0.128. The van der Waals surface area contributed by atoms with E-state index >= 15 is 0 Å². The van der Waals surface area contributed by atoms with Gasteiger partial charge in [-0.05, 0) is 19.3 Å². The number of aromatic nitrogens is 2. The molecule has 0 aliphatic heterocycles. The zero-order valence-electron chi connectivity index (χ0n) is 7.49. The van der Waals surface area contributed by atoms with Crippen molar-refractivity contribution in [2.45, 2.75) is 32.1 Å². The summed E-state index contributed by atoms with van der Waals surface area (Å²) in [6.45, 7) is 1.90.